The van der Waals surface area contributed by atoms with Crippen molar-refractivity contribution in [2.75, 3.05) is 18.4 Å². The Morgan fingerprint density at radius 2 is 2.05 bits per heavy atom. The minimum absolute atomic E-state index is 0.0169. The Balaban J connectivity index is 1.97. The zero-order valence-corrected chi connectivity index (χ0v) is 12.0. The van der Waals surface area contributed by atoms with Crippen molar-refractivity contribution in [2.24, 2.45) is 0 Å². The third-order valence-electron chi connectivity index (χ3n) is 3.58. The molecule has 0 unspecified atom stereocenters. The maximum Gasteiger partial charge on any atom is 0.241 e. The lowest BCUT2D eigenvalue weighted by Crippen LogP contribution is -2.42. The standard InChI is InChI=1S/C14H20ClN3O/c1-11(18-9-4-2-3-5-10-18)14(19)17-12-7-6-8-16-13(12)15/h6-8,11H,2-5,9-10H2,1H3,(H,17,19)/t11-/m1/s1. The summed E-state index contributed by atoms with van der Waals surface area (Å²) in [6, 6.07) is 3.40. The predicted molar refractivity (Wildman–Crippen MR) is 77.4 cm³/mol. The predicted octanol–water partition coefficient (Wildman–Crippen LogP) is 2.94. The molecule has 104 valence electrons. The van der Waals surface area contributed by atoms with E-state index in [4.69, 9.17) is 11.6 Å². The normalized spacial score (nSPS) is 18.6. The summed E-state index contributed by atoms with van der Waals surface area (Å²) in [4.78, 5) is 18.4. The van der Waals surface area contributed by atoms with Crippen molar-refractivity contribution in [3.05, 3.63) is 23.5 Å². The molecule has 1 aliphatic rings. The first kappa shape index (κ1) is 14.3. The Labute approximate surface area is 119 Å². The summed E-state index contributed by atoms with van der Waals surface area (Å²) in [5.74, 6) is -0.0169. The second-order valence-corrected chi connectivity index (χ2v) is 5.32. The molecule has 1 amide bonds. The van der Waals surface area contributed by atoms with Crippen LogP contribution >= 0.6 is 11.6 Å². The van der Waals surface area contributed by atoms with E-state index in [1.165, 1.54) is 25.7 Å². The van der Waals surface area contributed by atoms with Gasteiger partial charge in [0, 0.05) is 6.20 Å². The highest BCUT2D eigenvalue weighted by Gasteiger charge is 2.22. The summed E-state index contributed by atoms with van der Waals surface area (Å²) < 4.78 is 0. The van der Waals surface area contributed by atoms with Gasteiger partial charge in [-0.1, -0.05) is 24.4 Å². The second-order valence-electron chi connectivity index (χ2n) is 4.96. The van der Waals surface area contributed by atoms with Crippen molar-refractivity contribution in [2.45, 2.75) is 38.6 Å². The molecule has 1 aliphatic heterocycles. The van der Waals surface area contributed by atoms with E-state index in [1.54, 1.807) is 18.3 Å². The van der Waals surface area contributed by atoms with E-state index >= 15 is 0 Å². The quantitative estimate of drug-likeness (QED) is 0.867. The number of rotatable bonds is 3. The minimum atomic E-state index is -0.130. The zero-order chi connectivity index (χ0) is 13.7. The molecule has 0 spiro atoms. The molecule has 0 aromatic carbocycles. The molecular weight excluding hydrogens is 262 g/mol. The zero-order valence-electron chi connectivity index (χ0n) is 11.2. The van der Waals surface area contributed by atoms with Crippen molar-refractivity contribution in [1.29, 1.82) is 0 Å². The molecule has 4 nitrogen and oxygen atoms in total. The van der Waals surface area contributed by atoms with Crippen LogP contribution in [0.4, 0.5) is 5.69 Å². The van der Waals surface area contributed by atoms with Crippen LogP contribution in [-0.2, 0) is 4.79 Å². The average Bonchev–Trinajstić information content (AvgIpc) is 2.69. The van der Waals surface area contributed by atoms with Crippen molar-refractivity contribution in [1.82, 2.24) is 9.88 Å². The molecule has 19 heavy (non-hydrogen) atoms. The fourth-order valence-corrected chi connectivity index (χ4v) is 2.53. The third kappa shape index (κ3) is 3.91. The molecule has 1 fully saturated rings. The number of hydrogen-bond acceptors (Lipinski definition) is 3. The van der Waals surface area contributed by atoms with Gasteiger partial charge in [-0.15, -0.1) is 0 Å². The number of halogens is 1. The van der Waals surface area contributed by atoms with E-state index in [0.29, 0.717) is 10.8 Å². The summed E-state index contributed by atoms with van der Waals surface area (Å²) in [6.07, 6.45) is 6.48. The molecular formula is C14H20ClN3O. The number of hydrogen-bond donors (Lipinski definition) is 1. The number of amides is 1. The highest BCUT2D eigenvalue weighted by Crippen LogP contribution is 2.19. The lowest BCUT2D eigenvalue weighted by Gasteiger charge is -2.26. The molecule has 0 aliphatic carbocycles. The number of carbonyl (C=O) groups excluding carboxylic acids is 1. The number of carbonyl (C=O) groups is 1. The smallest absolute Gasteiger partial charge is 0.241 e. The molecule has 1 aromatic rings. The fourth-order valence-electron chi connectivity index (χ4n) is 2.36. The monoisotopic (exact) mass is 281 g/mol. The van der Waals surface area contributed by atoms with Crippen LogP contribution in [-0.4, -0.2) is 34.9 Å². The summed E-state index contributed by atoms with van der Waals surface area (Å²) in [7, 11) is 0. The maximum atomic E-state index is 12.2. The van der Waals surface area contributed by atoms with E-state index in [0.717, 1.165) is 13.1 Å². The fraction of sp³-hybridized carbons (Fsp3) is 0.571. The lowest BCUT2D eigenvalue weighted by molar-refractivity contribution is -0.120. The third-order valence-corrected chi connectivity index (χ3v) is 3.89. The first-order chi connectivity index (χ1) is 9.18. The van der Waals surface area contributed by atoms with Crippen molar-refractivity contribution >= 4 is 23.2 Å². The highest BCUT2D eigenvalue weighted by molar-refractivity contribution is 6.32. The molecule has 5 heteroatoms. The maximum absolute atomic E-state index is 12.2. The molecule has 0 radical (unpaired) electrons. The molecule has 2 heterocycles. The topological polar surface area (TPSA) is 45.2 Å². The largest absolute Gasteiger partial charge is 0.322 e. The lowest BCUT2D eigenvalue weighted by atomic mass is 10.2. The van der Waals surface area contributed by atoms with Crippen LogP contribution in [0, 0.1) is 0 Å². The van der Waals surface area contributed by atoms with Crippen LogP contribution in [0.2, 0.25) is 5.15 Å². The Hall–Kier alpha value is -1.13. The van der Waals surface area contributed by atoms with E-state index in [1.807, 2.05) is 6.92 Å². The van der Waals surface area contributed by atoms with E-state index in [-0.39, 0.29) is 11.9 Å². The number of nitrogens with zero attached hydrogens (tertiary/aromatic N) is 2. The average molecular weight is 282 g/mol. The van der Waals surface area contributed by atoms with Gasteiger partial charge in [-0.05, 0) is 45.0 Å². The van der Waals surface area contributed by atoms with Crippen LogP contribution in [0.3, 0.4) is 0 Å². The highest BCUT2D eigenvalue weighted by atomic mass is 35.5. The Bertz CT molecular complexity index is 430. The molecule has 2 rings (SSSR count). The van der Waals surface area contributed by atoms with E-state index in [2.05, 4.69) is 15.2 Å². The SMILES string of the molecule is C[C@H](C(=O)Nc1cccnc1Cl)N1CCCCCC1. The van der Waals surface area contributed by atoms with Gasteiger partial charge >= 0.3 is 0 Å². The first-order valence-corrected chi connectivity index (χ1v) is 7.21. The molecule has 1 atom stereocenters. The number of anilines is 1. The van der Waals surface area contributed by atoms with Crippen LogP contribution in [0.1, 0.15) is 32.6 Å². The Morgan fingerprint density at radius 1 is 1.37 bits per heavy atom. The number of pyridine rings is 1. The van der Waals surface area contributed by atoms with Crippen LogP contribution in [0.5, 0.6) is 0 Å². The van der Waals surface area contributed by atoms with Crippen LogP contribution in [0.25, 0.3) is 0 Å². The van der Waals surface area contributed by atoms with Crippen LogP contribution in [0.15, 0.2) is 18.3 Å². The van der Waals surface area contributed by atoms with Gasteiger partial charge in [0.05, 0.1) is 11.7 Å². The summed E-state index contributed by atoms with van der Waals surface area (Å²) in [5.41, 5.74) is 0.579. The van der Waals surface area contributed by atoms with Gasteiger partial charge in [-0.2, -0.15) is 0 Å². The molecule has 0 bridgehead atoms. The molecule has 1 aromatic heterocycles. The summed E-state index contributed by atoms with van der Waals surface area (Å²) >= 11 is 5.95. The van der Waals surface area contributed by atoms with Crippen LogP contribution < -0.4 is 5.32 Å². The molecule has 0 saturated carbocycles. The van der Waals surface area contributed by atoms with E-state index < -0.39 is 0 Å². The van der Waals surface area contributed by atoms with Gasteiger partial charge < -0.3 is 5.32 Å². The Kier molecular flexibility index (Phi) is 5.16. The minimum Gasteiger partial charge on any atom is -0.322 e. The van der Waals surface area contributed by atoms with Gasteiger partial charge in [-0.25, -0.2) is 4.98 Å². The van der Waals surface area contributed by atoms with Gasteiger partial charge in [-0.3, -0.25) is 9.69 Å². The number of aromatic nitrogens is 1. The van der Waals surface area contributed by atoms with Gasteiger partial charge in [0.2, 0.25) is 5.91 Å². The summed E-state index contributed by atoms with van der Waals surface area (Å²) in [6.45, 7) is 3.94. The van der Waals surface area contributed by atoms with E-state index in [9.17, 15) is 4.79 Å². The van der Waals surface area contributed by atoms with Gasteiger partial charge in [0.1, 0.15) is 0 Å². The van der Waals surface area contributed by atoms with Crippen molar-refractivity contribution in [3.63, 3.8) is 0 Å². The first-order valence-electron chi connectivity index (χ1n) is 6.84. The van der Waals surface area contributed by atoms with Gasteiger partial charge in [0.15, 0.2) is 5.15 Å². The summed E-state index contributed by atoms with van der Waals surface area (Å²) in [5, 5.41) is 3.18. The Morgan fingerprint density at radius 3 is 2.68 bits per heavy atom. The van der Waals surface area contributed by atoms with Crippen molar-refractivity contribution < 1.29 is 4.79 Å². The second kappa shape index (κ2) is 6.87. The molecule has 1 saturated heterocycles. The van der Waals surface area contributed by atoms with Gasteiger partial charge in [0.25, 0.3) is 0 Å². The number of nitrogens with one attached hydrogen (secondary N) is 1. The van der Waals surface area contributed by atoms with Crippen molar-refractivity contribution in [3.8, 4) is 0 Å². The molecule has 1 N–H and O–H groups in total. The number of likely N-dealkylation sites (tertiary alicyclic amines) is 1.